The second-order valence-corrected chi connectivity index (χ2v) is 3.40. The van der Waals surface area contributed by atoms with Gasteiger partial charge < -0.3 is 9.47 Å². The van der Waals surface area contributed by atoms with E-state index in [0.29, 0.717) is 0 Å². The molecule has 1 heterocycles. The van der Waals surface area contributed by atoms with Gasteiger partial charge in [-0.3, -0.25) is 4.79 Å². The van der Waals surface area contributed by atoms with Crippen LogP contribution >= 0.6 is 0 Å². The van der Waals surface area contributed by atoms with Crippen molar-refractivity contribution in [1.82, 2.24) is 0 Å². The molecule has 0 aromatic carbocycles. The predicted molar refractivity (Wildman–Crippen MR) is 41.1 cm³/mol. The van der Waals surface area contributed by atoms with Gasteiger partial charge in [0.05, 0.1) is 12.5 Å². The van der Waals surface area contributed by atoms with E-state index in [4.69, 9.17) is 0 Å². The van der Waals surface area contributed by atoms with Crippen LogP contribution in [0.5, 0.6) is 0 Å². The van der Waals surface area contributed by atoms with Gasteiger partial charge in [-0.05, 0) is 6.42 Å². The first-order valence-electron chi connectivity index (χ1n) is 4.54. The van der Waals surface area contributed by atoms with Crippen molar-refractivity contribution in [3.05, 3.63) is 0 Å². The van der Waals surface area contributed by atoms with Gasteiger partial charge in [-0.1, -0.05) is 0 Å². The standard InChI is InChI=1S/C8H6F6O4/c9-7(10,11)4(15)3-1-2-17-5(3)18-6(16)8(12,13)14/h3,5H,1-2H2/t3-,5-/m0/s1. The molecule has 1 fully saturated rings. The molecule has 0 aromatic heterocycles. The van der Waals surface area contributed by atoms with Crippen molar-refractivity contribution < 1.29 is 45.4 Å². The van der Waals surface area contributed by atoms with E-state index >= 15 is 0 Å². The molecule has 0 spiro atoms. The molecule has 0 aliphatic carbocycles. The molecule has 10 heteroatoms. The summed E-state index contributed by atoms with van der Waals surface area (Å²) < 4.78 is 79.8. The largest absolute Gasteiger partial charge is 0.491 e. The first-order valence-corrected chi connectivity index (χ1v) is 4.54. The molecule has 1 aliphatic rings. The van der Waals surface area contributed by atoms with E-state index in [1.54, 1.807) is 0 Å². The van der Waals surface area contributed by atoms with Gasteiger partial charge in [0.15, 0.2) is 0 Å². The number of rotatable bonds is 2. The first kappa shape index (κ1) is 14.7. The van der Waals surface area contributed by atoms with E-state index < -0.39 is 49.3 Å². The zero-order valence-electron chi connectivity index (χ0n) is 8.47. The third-order valence-corrected chi connectivity index (χ3v) is 2.11. The van der Waals surface area contributed by atoms with Gasteiger partial charge in [-0.2, -0.15) is 26.3 Å². The third-order valence-electron chi connectivity index (χ3n) is 2.11. The number of hydrogen-bond acceptors (Lipinski definition) is 4. The highest BCUT2D eigenvalue weighted by molar-refractivity contribution is 5.87. The summed E-state index contributed by atoms with van der Waals surface area (Å²) in [5.41, 5.74) is 0. The number of alkyl halides is 6. The number of hydrogen-bond donors (Lipinski definition) is 0. The summed E-state index contributed by atoms with van der Waals surface area (Å²) in [5.74, 6) is -6.94. The van der Waals surface area contributed by atoms with Gasteiger partial charge in [-0.25, -0.2) is 4.79 Å². The van der Waals surface area contributed by atoms with Gasteiger partial charge in [0.1, 0.15) is 0 Å². The second kappa shape index (κ2) is 4.75. The molecule has 1 saturated heterocycles. The minimum Gasteiger partial charge on any atom is -0.428 e. The summed E-state index contributed by atoms with van der Waals surface area (Å²) in [6, 6.07) is 0. The summed E-state index contributed by atoms with van der Waals surface area (Å²) in [4.78, 5) is 21.2. The highest BCUT2D eigenvalue weighted by Crippen LogP contribution is 2.31. The Hall–Kier alpha value is -1.32. The molecular formula is C8H6F6O4. The lowest BCUT2D eigenvalue weighted by Gasteiger charge is -2.19. The van der Waals surface area contributed by atoms with E-state index in [-0.39, 0.29) is 0 Å². The van der Waals surface area contributed by atoms with Gasteiger partial charge in [-0.15, -0.1) is 0 Å². The molecule has 18 heavy (non-hydrogen) atoms. The van der Waals surface area contributed by atoms with Crippen molar-refractivity contribution in [1.29, 1.82) is 0 Å². The lowest BCUT2D eigenvalue weighted by Crippen LogP contribution is -2.39. The van der Waals surface area contributed by atoms with Crippen LogP contribution in [0.4, 0.5) is 26.3 Å². The fraction of sp³-hybridized carbons (Fsp3) is 0.750. The predicted octanol–water partition coefficient (Wildman–Crippen LogP) is 1.59. The molecule has 4 nitrogen and oxygen atoms in total. The van der Waals surface area contributed by atoms with Crippen LogP contribution in [0.1, 0.15) is 6.42 Å². The Morgan fingerprint density at radius 1 is 1.06 bits per heavy atom. The average Bonchev–Trinajstić information content (AvgIpc) is 2.61. The number of ether oxygens (including phenoxy) is 2. The number of halogens is 6. The monoisotopic (exact) mass is 280 g/mol. The first-order chi connectivity index (χ1) is 8.03. The Bertz CT molecular complexity index is 346. The van der Waals surface area contributed by atoms with Crippen LogP contribution in [0, 0.1) is 5.92 Å². The van der Waals surface area contributed by atoms with E-state index in [0.717, 1.165) is 0 Å². The second-order valence-electron chi connectivity index (χ2n) is 3.40. The minimum absolute atomic E-state index is 0.401. The highest BCUT2D eigenvalue weighted by atomic mass is 19.4. The van der Waals surface area contributed by atoms with Gasteiger partial charge in [0.2, 0.25) is 12.1 Å². The van der Waals surface area contributed by atoms with E-state index in [2.05, 4.69) is 9.47 Å². The van der Waals surface area contributed by atoms with Crippen LogP contribution in [-0.4, -0.2) is 37.0 Å². The van der Waals surface area contributed by atoms with Crippen molar-refractivity contribution in [3.63, 3.8) is 0 Å². The van der Waals surface area contributed by atoms with Crippen molar-refractivity contribution in [2.45, 2.75) is 25.1 Å². The maximum absolute atomic E-state index is 12.1. The Labute approximate surface area is 95.8 Å². The van der Waals surface area contributed by atoms with Crippen molar-refractivity contribution >= 4 is 11.8 Å². The van der Waals surface area contributed by atoms with Crippen LogP contribution in [0.25, 0.3) is 0 Å². The fourth-order valence-electron chi connectivity index (χ4n) is 1.32. The van der Waals surface area contributed by atoms with Crippen molar-refractivity contribution in [3.8, 4) is 0 Å². The van der Waals surface area contributed by atoms with Crippen LogP contribution in [-0.2, 0) is 19.1 Å². The molecular weight excluding hydrogens is 274 g/mol. The third kappa shape index (κ3) is 3.34. The molecule has 0 amide bonds. The van der Waals surface area contributed by atoms with Crippen molar-refractivity contribution in [2.24, 2.45) is 5.92 Å². The Morgan fingerprint density at radius 3 is 2.06 bits per heavy atom. The van der Waals surface area contributed by atoms with Crippen LogP contribution in [0.3, 0.4) is 0 Å². The maximum Gasteiger partial charge on any atom is 0.491 e. The molecule has 0 N–H and O–H groups in total. The lowest BCUT2D eigenvalue weighted by atomic mass is 10.0. The molecule has 1 aliphatic heterocycles. The van der Waals surface area contributed by atoms with Gasteiger partial charge in [0.25, 0.3) is 0 Å². The zero-order chi connectivity index (χ0) is 14.1. The quantitative estimate of drug-likeness (QED) is 0.569. The molecule has 0 aromatic rings. The van der Waals surface area contributed by atoms with Crippen molar-refractivity contribution in [2.75, 3.05) is 6.61 Å². The van der Waals surface area contributed by atoms with E-state index in [9.17, 15) is 35.9 Å². The Balaban J connectivity index is 2.72. The molecule has 0 saturated carbocycles. The smallest absolute Gasteiger partial charge is 0.428 e. The minimum atomic E-state index is -5.36. The van der Waals surface area contributed by atoms with E-state index in [1.807, 2.05) is 0 Å². The summed E-state index contributed by atoms with van der Waals surface area (Å²) in [6.45, 7) is -0.401. The molecule has 1 rings (SSSR count). The maximum atomic E-state index is 12.1. The van der Waals surface area contributed by atoms with Crippen LogP contribution < -0.4 is 0 Å². The number of carbonyl (C=O) groups is 2. The average molecular weight is 280 g/mol. The molecule has 2 atom stereocenters. The number of carbonyl (C=O) groups excluding carboxylic acids is 2. The number of esters is 1. The van der Waals surface area contributed by atoms with Crippen LogP contribution in [0.15, 0.2) is 0 Å². The molecule has 0 bridgehead atoms. The molecule has 0 radical (unpaired) electrons. The summed E-state index contributed by atoms with van der Waals surface area (Å²) >= 11 is 0. The SMILES string of the molecule is O=C(O[C@@H]1OCC[C@H]1C(=O)C(F)(F)F)C(F)(F)F. The summed E-state index contributed by atoms with van der Waals surface area (Å²) in [5, 5.41) is 0. The molecule has 0 unspecified atom stereocenters. The van der Waals surface area contributed by atoms with Crippen LogP contribution in [0.2, 0.25) is 0 Å². The van der Waals surface area contributed by atoms with E-state index in [1.165, 1.54) is 0 Å². The summed E-state index contributed by atoms with van der Waals surface area (Å²) in [6.07, 6.45) is -13.2. The topological polar surface area (TPSA) is 52.6 Å². The lowest BCUT2D eigenvalue weighted by molar-refractivity contribution is -0.227. The normalized spacial score (nSPS) is 25.0. The highest BCUT2D eigenvalue weighted by Gasteiger charge is 2.52. The van der Waals surface area contributed by atoms with Gasteiger partial charge >= 0.3 is 18.3 Å². The zero-order valence-corrected chi connectivity index (χ0v) is 8.47. The Morgan fingerprint density at radius 2 is 1.61 bits per heavy atom. The number of ketones is 1. The van der Waals surface area contributed by atoms with Gasteiger partial charge in [0, 0.05) is 0 Å². The number of Topliss-reactive ketones (excluding diaryl/α,β-unsaturated/α-hetero) is 1. The summed E-state index contributed by atoms with van der Waals surface area (Å²) in [7, 11) is 0. The Kier molecular flexibility index (Phi) is 3.89. The molecule has 104 valence electrons. The fourth-order valence-corrected chi connectivity index (χ4v) is 1.32.